The molecule has 1 atom stereocenters. The van der Waals surface area contributed by atoms with E-state index in [1.165, 1.54) is 28.7 Å². The van der Waals surface area contributed by atoms with E-state index in [1.54, 1.807) is 12.7 Å². The molecule has 3 aromatic heterocycles. The zero-order valence-corrected chi connectivity index (χ0v) is 31.0. The normalized spacial score (nSPS) is 16.7. The monoisotopic (exact) mass is 688 g/mol. The topological polar surface area (TPSA) is 67.7 Å². The number of hydrogen-bond acceptors (Lipinski definition) is 6. The van der Waals surface area contributed by atoms with Crippen molar-refractivity contribution in [3.63, 3.8) is 0 Å². The summed E-state index contributed by atoms with van der Waals surface area (Å²) >= 11 is -2.86. The second-order valence-corrected chi connectivity index (χ2v) is 34.0. The first-order chi connectivity index (χ1) is 20.1. The van der Waals surface area contributed by atoms with Crippen LogP contribution in [-0.4, -0.2) is 67.3 Å². The molecule has 4 aromatic rings. The van der Waals surface area contributed by atoms with E-state index in [0.717, 1.165) is 41.0 Å². The molecule has 43 heavy (non-hydrogen) atoms. The van der Waals surface area contributed by atoms with E-state index in [-0.39, 0.29) is 0 Å². The van der Waals surface area contributed by atoms with Gasteiger partial charge in [0.25, 0.3) is 0 Å². The first-order valence-electron chi connectivity index (χ1n) is 15.8. The summed E-state index contributed by atoms with van der Waals surface area (Å²) in [5.41, 5.74) is 4.40. The molecule has 1 fully saturated rings. The van der Waals surface area contributed by atoms with Crippen molar-refractivity contribution in [1.29, 1.82) is 0 Å². The second kappa shape index (κ2) is 13.3. The molecule has 1 saturated heterocycles. The molecule has 1 aliphatic heterocycles. The van der Waals surface area contributed by atoms with Gasteiger partial charge in [0.15, 0.2) is 0 Å². The average molecular weight is 688 g/mol. The van der Waals surface area contributed by atoms with E-state index < -0.39 is 18.4 Å². The Morgan fingerprint density at radius 1 is 0.744 bits per heavy atom. The van der Waals surface area contributed by atoms with Gasteiger partial charge in [0, 0.05) is 48.0 Å². The third kappa shape index (κ3) is 7.27. The molecule has 0 bridgehead atoms. The molecule has 0 saturated carbocycles. The molecule has 1 aliphatic rings. The third-order valence-electron chi connectivity index (χ3n) is 9.36. The summed E-state index contributed by atoms with van der Waals surface area (Å²) in [5.74, 6) is 0. The Hall–Kier alpha value is -2.45. The molecule has 1 aromatic carbocycles. The molecule has 0 aliphatic carbocycles. The fourth-order valence-corrected chi connectivity index (χ4v) is 36.9. The summed E-state index contributed by atoms with van der Waals surface area (Å²) in [7, 11) is 0. The van der Waals surface area contributed by atoms with Crippen LogP contribution < -0.4 is 3.58 Å². The number of nitrogens with zero attached hydrogens (tertiary/aromatic N) is 6. The number of pyridine rings is 1. The van der Waals surface area contributed by atoms with Crippen LogP contribution in [0.4, 0.5) is 0 Å². The maximum atomic E-state index is 4.84. The zero-order chi connectivity index (χ0) is 31.5. The van der Waals surface area contributed by atoms with E-state index in [1.807, 2.05) is 12.4 Å². The Bertz CT molecular complexity index is 1430. The van der Waals surface area contributed by atoms with E-state index in [9.17, 15) is 0 Å². The summed E-state index contributed by atoms with van der Waals surface area (Å²) in [4.78, 5) is 24.3. The van der Waals surface area contributed by atoms with Gasteiger partial charge >= 0.3 is 123 Å². The number of hydrogen-bond donors (Lipinski definition) is 0. The van der Waals surface area contributed by atoms with Gasteiger partial charge in [-0.1, -0.05) is 12.1 Å². The first-order valence-corrected chi connectivity index (χ1v) is 21.5. The van der Waals surface area contributed by atoms with E-state index in [4.69, 9.17) is 4.98 Å². The van der Waals surface area contributed by atoms with Crippen molar-refractivity contribution < 1.29 is 0 Å². The van der Waals surface area contributed by atoms with Gasteiger partial charge in [-0.05, 0) is 50.1 Å². The van der Waals surface area contributed by atoms with E-state index in [2.05, 4.69) is 137 Å². The van der Waals surface area contributed by atoms with Gasteiger partial charge in [-0.3, -0.25) is 4.98 Å². The average Bonchev–Trinajstić information content (AvgIpc) is 3.35. The van der Waals surface area contributed by atoms with Crippen molar-refractivity contribution in [1.82, 2.24) is 29.8 Å². The number of fused-ring (bicyclic) bond motifs is 1. The van der Waals surface area contributed by atoms with Crippen molar-refractivity contribution in [2.75, 3.05) is 13.1 Å². The van der Waals surface area contributed by atoms with Gasteiger partial charge in [0.05, 0.1) is 5.52 Å². The molecule has 4 heterocycles. The Labute approximate surface area is 264 Å². The van der Waals surface area contributed by atoms with Crippen molar-refractivity contribution in [3.05, 3.63) is 73.5 Å². The van der Waals surface area contributed by atoms with Crippen LogP contribution in [0.25, 0.3) is 22.0 Å². The van der Waals surface area contributed by atoms with Gasteiger partial charge in [-0.2, -0.15) is 0 Å². The van der Waals surface area contributed by atoms with Gasteiger partial charge in [-0.15, -0.1) is 0 Å². The SMILES string of the molecule is C[C@@H]1CCCN1CCc1ccc2cc(-c3cncnc3)ccc2n1.C[C](C)(C)[Sn]([c]1cncnc1)([C](C)(C)C)[C](C)(C)C. The molecule has 0 spiro atoms. The Balaban J connectivity index is 0.000000204. The molecule has 230 valence electrons. The Morgan fingerprint density at radius 3 is 1.86 bits per heavy atom. The minimum atomic E-state index is -2.86. The molecular weight excluding hydrogens is 635 g/mol. The molecule has 0 unspecified atom stereocenters. The number of rotatable bonds is 5. The van der Waals surface area contributed by atoms with Crippen LogP contribution >= 0.6 is 0 Å². The predicted octanol–water partition coefficient (Wildman–Crippen LogP) is 8.25. The van der Waals surface area contributed by atoms with E-state index in [0.29, 0.717) is 10.3 Å². The molecule has 0 amide bonds. The van der Waals surface area contributed by atoms with Gasteiger partial charge in [0.1, 0.15) is 6.33 Å². The number of aromatic nitrogens is 5. The van der Waals surface area contributed by atoms with Gasteiger partial charge in [-0.25, -0.2) is 9.97 Å². The Kier molecular flexibility index (Phi) is 10.3. The van der Waals surface area contributed by atoms with E-state index >= 15 is 0 Å². The van der Waals surface area contributed by atoms with Crippen LogP contribution in [0.5, 0.6) is 0 Å². The number of benzene rings is 1. The third-order valence-corrected chi connectivity index (χ3v) is 31.8. The van der Waals surface area contributed by atoms with Gasteiger partial charge in [0.2, 0.25) is 0 Å². The van der Waals surface area contributed by atoms with Crippen LogP contribution in [0.1, 0.15) is 87.8 Å². The second-order valence-electron chi connectivity index (χ2n) is 15.2. The zero-order valence-electron chi connectivity index (χ0n) is 28.1. The summed E-state index contributed by atoms with van der Waals surface area (Å²) in [5, 5.41) is 1.16. The first kappa shape index (κ1) is 33.4. The van der Waals surface area contributed by atoms with Crippen LogP contribution in [0.2, 0.25) is 10.3 Å². The maximum absolute atomic E-state index is 4.84. The quantitative estimate of drug-likeness (QED) is 0.197. The summed E-state index contributed by atoms with van der Waals surface area (Å²) in [6.07, 6.45) is 14.7. The van der Waals surface area contributed by atoms with Crippen LogP contribution in [0.15, 0.2) is 67.8 Å². The summed E-state index contributed by atoms with van der Waals surface area (Å²) in [6.45, 7) is 26.5. The molecule has 5 rings (SSSR count). The molecule has 7 heteroatoms. The summed E-state index contributed by atoms with van der Waals surface area (Å²) < 4.78 is 2.39. The standard InChI is InChI=1S/C20H22N4.C4H3N2.3C4H9.Sn/c1-15-3-2-9-24(15)10-8-19-6-4-17-11-16(5-7-20(17)23-19)18-12-21-14-22-13-18;1-2-5-4-6-3-1;3*1-4(2)3;/h4-7,11-15H,2-3,8-10H2,1H3;2-4H;3*1-3H3;/t15-;;;;;/m1...../s1. The van der Waals surface area contributed by atoms with Crippen molar-refractivity contribution in [2.24, 2.45) is 0 Å². The fraction of sp³-hybridized carbons (Fsp3) is 0.528. The van der Waals surface area contributed by atoms with Crippen LogP contribution in [0.3, 0.4) is 0 Å². The molecule has 0 N–H and O–H groups in total. The van der Waals surface area contributed by atoms with Crippen molar-refractivity contribution in [2.45, 2.75) is 105 Å². The van der Waals surface area contributed by atoms with Gasteiger partial charge < -0.3 is 4.90 Å². The molecule has 0 radical (unpaired) electrons. The van der Waals surface area contributed by atoms with Crippen molar-refractivity contribution >= 4 is 32.9 Å². The van der Waals surface area contributed by atoms with Crippen molar-refractivity contribution in [3.8, 4) is 11.1 Å². The molecule has 6 nitrogen and oxygen atoms in total. The summed E-state index contributed by atoms with van der Waals surface area (Å²) in [6, 6.07) is 11.4. The molecular formula is C36H52N6Sn. The fourth-order valence-electron chi connectivity index (χ4n) is 8.68. The van der Waals surface area contributed by atoms with Crippen LogP contribution in [0, 0.1) is 0 Å². The minimum absolute atomic E-state index is 0.315. The number of likely N-dealkylation sites (tertiary alicyclic amines) is 1. The predicted molar refractivity (Wildman–Crippen MR) is 183 cm³/mol. The Morgan fingerprint density at radius 2 is 1.33 bits per heavy atom. The van der Waals surface area contributed by atoms with Crippen LogP contribution in [-0.2, 0) is 6.42 Å².